The first kappa shape index (κ1) is 60.0. The number of benzene rings is 4. The van der Waals surface area contributed by atoms with Crippen molar-refractivity contribution in [2.75, 3.05) is 42.2 Å². The zero-order valence-corrected chi connectivity index (χ0v) is 46.0. The van der Waals surface area contributed by atoms with Gasteiger partial charge in [-0.1, -0.05) is 0 Å². The van der Waals surface area contributed by atoms with Gasteiger partial charge in [0.05, 0.1) is 43.3 Å². The number of nitrogens with one attached hydrogen (secondary N) is 3. The Balaban J connectivity index is 0.00000496. The number of aromatic nitrogens is 3. The molecule has 1 heterocycles. The molecule has 5 aromatic rings. The monoisotopic (exact) mass is 1030 g/mol. The number of sulfone groups is 1. The molecule has 3 N–H and O–H groups in total. The minimum atomic E-state index is -5.57. The van der Waals surface area contributed by atoms with Gasteiger partial charge in [-0.25, -0.2) is 42.1 Å². The Labute approximate surface area is 453 Å². The molecule has 0 amide bonds. The summed E-state index contributed by atoms with van der Waals surface area (Å²) in [5.41, 5.74) is 0.329. The van der Waals surface area contributed by atoms with Crippen molar-refractivity contribution in [2.24, 2.45) is 10.2 Å². The molecule has 0 radical (unpaired) electrons. The van der Waals surface area contributed by atoms with E-state index in [1.54, 1.807) is 0 Å². The number of halogens is 1. The summed E-state index contributed by atoms with van der Waals surface area (Å²) in [6, 6.07) is 11.5. The first-order chi connectivity index (χ1) is 27.3. The second kappa shape index (κ2) is 24.3. The molecular formula is C29H23ClN8Na4O16S5. The number of nitrogens with zero attached hydrogens (tertiary/aromatic N) is 5. The quantitative estimate of drug-likeness (QED) is 0.0256. The smallest absolute Gasteiger partial charge is 0.744 e. The molecule has 24 nitrogen and oxygen atoms in total. The first-order valence-electron chi connectivity index (χ1n) is 15.5. The van der Waals surface area contributed by atoms with Crippen molar-refractivity contribution in [1.29, 1.82) is 0 Å². The van der Waals surface area contributed by atoms with E-state index in [0.717, 1.165) is 6.07 Å². The first-order valence-corrected chi connectivity index (χ1v) is 23.1. The van der Waals surface area contributed by atoms with Gasteiger partial charge in [-0.3, -0.25) is 4.18 Å². The average molecular weight is 1030 g/mol. The largest absolute Gasteiger partial charge is 1.00 e. The third-order valence-electron chi connectivity index (χ3n) is 7.37. The van der Waals surface area contributed by atoms with Gasteiger partial charge in [-0.15, -0.1) is 5.11 Å². The van der Waals surface area contributed by atoms with Crippen LogP contribution in [0.4, 0.5) is 40.3 Å². The maximum Gasteiger partial charge on any atom is 1.00 e. The maximum absolute atomic E-state index is 12.5. The molecule has 0 aliphatic heterocycles. The van der Waals surface area contributed by atoms with Gasteiger partial charge in [0.25, 0.3) is 0 Å². The zero-order chi connectivity index (χ0) is 43.6. The number of anilines is 5. The number of ether oxygens (including phenoxy) is 1. The Kier molecular flexibility index (Phi) is 23.1. The van der Waals surface area contributed by atoms with Gasteiger partial charge in [0, 0.05) is 29.3 Å². The minimum absolute atomic E-state index is 0. The fourth-order valence-corrected chi connectivity index (χ4v) is 8.56. The molecule has 0 saturated carbocycles. The summed E-state index contributed by atoms with van der Waals surface area (Å²) in [4.78, 5) is 8.20. The third-order valence-corrected chi connectivity index (χ3v) is 12.3. The van der Waals surface area contributed by atoms with Crippen molar-refractivity contribution in [1.82, 2.24) is 15.0 Å². The minimum Gasteiger partial charge on any atom is -0.744 e. The molecule has 1 aromatic heterocycles. The molecule has 0 saturated heterocycles. The number of hydrogen-bond acceptors (Lipinski definition) is 24. The molecule has 34 heteroatoms. The number of fused-ring (bicyclic) bond motifs is 1. The van der Waals surface area contributed by atoms with E-state index in [9.17, 15) is 60.3 Å². The molecule has 0 unspecified atom stereocenters. The van der Waals surface area contributed by atoms with Gasteiger partial charge in [-0.2, -0.15) is 20.1 Å². The summed E-state index contributed by atoms with van der Waals surface area (Å²) >= 11 is 6.11. The molecule has 316 valence electrons. The van der Waals surface area contributed by atoms with E-state index < -0.39 is 94.1 Å². The van der Waals surface area contributed by atoms with Crippen LogP contribution in [0, 0.1) is 0 Å². The molecule has 0 fully saturated rings. The van der Waals surface area contributed by atoms with Crippen LogP contribution in [0.2, 0.25) is 5.28 Å². The average Bonchev–Trinajstić information content (AvgIpc) is 3.11. The van der Waals surface area contributed by atoms with E-state index in [2.05, 4.69) is 45.3 Å². The summed E-state index contributed by atoms with van der Waals surface area (Å²) in [7, 11) is -24.3. The van der Waals surface area contributed by atoms with Gasteiger partial charge in [-0.05, 0) is 78.3 Å². The van der Waals surface area contributed by atoms with Crippen molar-refractivity contribution in [3.63, 3.8) is 0 Å². The van der Waals surface area contributed by atoms with Gasteiger partial charge in [0.2, 0.25) is 27.6 Å². The Bertz CT molecular complexity index is 3070. The van der Waals surface area contributed by atoms with Crippen molar-refractivity contribution in [3.05, 3.63) is 72.0 Å². The number of hydrogen-bond donors (Lipinski definition) is 3. The molecule has 4 aromatic carbocycles. The number of methoxy groups -OCH3 is 1. The van der Waals surface area contributed by atoms with Gasteiger partial charge in [0.1, 0.15) is 42.8 Å². The molecule has 5 rings (SSSR count). The summed E-state index contributed by atoms with van der Waals surface area (Å²) in [5.74, 6) is -0.992. The molecule has 63 heavy (non-hydrogen) atoms. The standard InChI is InChI=1S/C29H27ClN8O16S5.4Na/c1-53-15-31-24-11-17(33-29-35-27(30)34-28(36-29)32-16-2-5-19(6-3-16)55(39,40)9-8-54-59(50,51)52)4-7-23(24)38-37-18-10-21-22(25(12-18)57(44,45)46)13-20(56(41,42)43)14-26(21)58(47,48)49;;;;/h2-7,10-14,31H,8-9,15H2,1H3,(H,41,42,43)(H,44,45,46)(H,47,48,49)(H,50,51,52)(H2,32,33,34,35,36);;;;/q;4*+1/p-4. The van der Waals surface area contributed by atoms with Crippen molar-refractivity contribution in [2.45, 2.75) is 19.6 Å². The van der Waals surface area contributed by atoms with Crippen LogP contribution in [0.25, 0.3) is 10.8 Å². The van der Waals surface area contributed by atoms with Crippen LogP contribution in [0.1, 0.15) is 0 Å². The molecule has 0 bridgehead atoms. The summed E-state index contributed by atoms with van der Waals surface area (Å²) in [6.07, 6.45) is 0. The summed E-state index contributed by atoms with van der Waals surface area (Å²) < 4.78 is 174. The van der Waals surface area contributed by atoms with E-state index in [0.29, 0.717) is 17.8 Å². The zero-order valence-electron chi connectivity index (χ0n) is 33.2. The van der Waals surface area contributed by atoms with E-state index in [4.69, 9.17) is 16.3 Å². The van der Waals surface area contributed by atoms with Crippen LogP contribution in [0.5, 0.6) is 0 Å². The summed E-state index contributed by atoms with van der Waals surface area (Å²) in [5, 5.41) is 14.6. The van der Waals surface area contributed by atoms with Crippen molar-refractivity contribution < 1.29 is 187 Å². The van der Waals surface area contributed by atoms with Crippen LogP contribution in [0.3, 0.4) is 0 Å². The van der Waals surface area contributed by atoms with Crippen molar-refractivity contribution in [3.8, 4) is 0 Å². The van der Waals surface area contributed by atoms with Crippen LogP contribution >= 0.6 is 11.6 Å². The Morgan fingerprint density at radius 3 is 1.71 bits per heavy atom. The number of rotatable bonds is 17. The van der Waals surface area contributed by atoms with Crippen LogP contribution < -0.4 is 134 Å². The van der Waals surface area contributed by atoms with E-state index in [1.165, 1.54) is 49.6 Å². The normalized spacial score (nSPS) is 12.0. The van der Waals surface area contributed by atoms with Gasteiger partial charge >= 0.3 is 118 Å². The second-order valence-electron chi connectivity index (χ2n) is 11.4. The van der Waals surface area contributed by atoms with Gasteiger partial charge in [0.15, 0.2) is 9.84 Å². The van der Waals surface area contributed by atoms with E-state index in [1.807, 2.05) is 0 Å². The third kappa shape index (κ3) is 17.2. The molecule has 0 atom stereocenters. The molecule has 0 aliphatic rings. The molecular weight excluding hydrogens is 1000 g/mol. The Morgan fingerprint density at radius 2 is 1.17 bits per heavy atom. The Morgan fingerprint density at radius 1 is 0.635 bits per heavy atom. The van der Waals surface area contributed by atoms with Crippen LogP contribution in [-0.4, -0.2) is 101 Å². The maximum atomic E-state index is 12.5. The molecule has 0 aliphatic carbocycles. The predicted octanol–water partition coefficient (Wildman–Crippen LogP) is -9.42. The van der Waals surface area contributed by atoms with Crippen molar-refractivity contribution >= 4 is 113 Å². The fraction of sp³-hybridized carbons (Fsp3) is 0.138. The molecule has 0 spiro atoms. The fourth-order valence-electron chi connectivity index (χ4n) is 4.90. The summed E-state index contributed by atoms with van der Waals surface area (Å²) in [6.45, 7) is -0.975. The second-order valence-corrected chi connectivity index (χ2v) is 19.0. The van der Waals surface area contributed by atoms with E-state index in [-0.39, 0.29) is 170 Å². The predicted molar refractivity (Wildman–Crippen MR) is 200 cm³/mol. The Hall–Kier alpha value is -1.05. The topological polar surface area (TPSA) is 381 Å². The van der Waals surface area contributed by atoms with E-state index >= 15 is 0 Å². The number of azo groups is 1. The SMILES string of the molecule is COCNc1cc(Nc2nc(Cl)nc(Nc3ccc(S(=O)(=O)CCOS(=O)(=O)[O-])cc3)n2)ccc1N=Nc1cc(S(=O)(=O)[O-])c2cc(S(=O)(=O)[O-])cc(S(=O)(=O)[O-])c2c1.[Na+].[Na+].[Na+].[Na+]. The van der Waals surface area contributed by atoms with Gasteiger partial charge < -0.3 is 38.9 Å². The van der Waals surface area contributed by atoms with Crippen LogP contribution in [0.15, 0.2) is 96.5 Å². The van der Waals surface area contributed by atoms with Crippen LogP contribution in [-0.2, 0) is 59.5 Å².